The number of benzene rings is 19. The van der Waals surface area contributed by atoms with Gasteiger partial charge in [0.25, 0.3) is 0 Å². The van der Waals surface area contributed by atoms with Crippen molar-refractivity contribution < 1.29 is 0 Å². The van der Waals surface area contributed by atoms with Gasteiger partial charge in [0.15, 0.2) is 5.41 Å². The van der Waals surface area contributed by atoms with Gasteiger partial charge in [0.2, 0.25) is 0 Å². The van der Waals surface area contributed by atoms with Crippen LogP contribution in [0.25, 0.3) is 296 Å². The molecule has 85 heavy (non-hydrogen) atoms. The summed E-state index contributed by atoms with van der Waals surface area (Å²) in [4.78, 5) is 3.02. The molecule has 2 atom stereocenters. The fourth-order valence-electron chi connectivity index (χ4n) is 28.7. The number of hydrogen-bond acceptors (Lipinski definition) is 3. The van der Waals surface area contributed by atoms with Crippen LogP contribution in [0.2, 0.25) is 0 Å². The summed E-state index contributed by atoms with van der Waals surface area (Å²) in [5.41, 5.74) is 8.89. The molecule has 0 N–H and O–H groups in total. The summed E-state index contributed by atoms with van der Waals surface area (Å²) < 4.78 is 0. The summed E-state index contributed by atoms with van der Waals surface area (Å²) in [6, 6.07) is 14.9. The average Bonchev–Trinajstić information content (AvgIpc) is 1.38. The van der Waals surface area contributed by atoms with E-state index < -0.39 is 10.8 Å². The topological polar surface area (TPSA) is 50.8 Å². The highest BCUT2D eigenvalue weighted by Gasteiger charge is 2.76. The molecule has 0 saturated carbocycles. The number of allylic oxidation sites excluding steroid dienone is 8. The average molecular weight is 1050 g/mol. The predicted molar refractivity (Wildman–Crippen MR) is 352 cm³/mol. The van der Waals surface area contributed by atoms with Crippen molar-refractivity contribution in [2.75, 3.05) is 13.1 Å². The number of hydrogen-bond donors (Lipinski definition) is 0. The fraction of sp³-hybridized carbons (Fsp3) is 0.0976. The summed E-state index contributed by atoms with van der Waals surface area (Å²) in [7, 11) is 0. The zero-order valence-corrected chi connectivity index (χ0v) is 44.2. The highest BCUT2D eigenvalue weighted by molar-refractivity contribution is 6.82. The second-order valence-corrected chi connectivity index (χ2v) is 30.1. The van der Waals surface area contributed by atoms with Crippen LogP contribution < -0.4 is 0 Å². The standard InChI is InChI=1S/C82H19N3/c1-2-85-15-81-75-67-59-49-39-31-23-21-22-25-29-27(23)35-43-37(29)47-41-33(25)34-26(22)30-28-24(21)32(31)40-46-36(28)44-38(30)48-42(34)52-51(41)63-57(47)65-55(43)61(53(59)45(35)39)69(75)71(65)77-73(63)74-64(52)58(48)66-56(44)62-54(46)60(50(40)49)68(67)76(81)70(62)72(66)78(74)82(77,81)79(85)17-10-8-16(9-11-17)20-12-18-6-4-3-5-7-19(18)80(20,13-83)14-84/h3-12,19,79H,2,15H2,1H3. The highest BCUT2D eigenvalue weighted by Crippen LogP contribution is 2.87. The third-order valence-electron chi connectivity index (χ3n) is 29.5. The molecule has 1 fully saturated rings. The number of likely N-dealkylation sites (tertiary alicyclic amines) is 1. The number of nitrogens with zero attached hydrogens (tertiary/aromatic N) is 3. The molecule has 29 aromatic rings. The summed E-state index contributed by atoms with van der Waals surface area (Å²) in [6.45, 7) is 4.39. The van der Waals surface area contributed by atoms with Crippen LogP contribution in [-0.2, 0) is 10.8 Å². The van der Waals surface area contributed by atoms with Crippen molar-refractivity contribution in [2.45, 2.75) is 23.8 Å². The molecule has 362 valence electrons. The zero-order valence-electron chi connectivity index (χ0n) is 44.2. The number of rotatable bonds is 3. The van der Waals surface area contributed by atoms with Gasteiger partial charge < -0.3 is 0 Å². The van der Waals surface area contributed by atoms with Crippen LogP contribution in [0, 0.1) is 34.0 Å². The maximum absolute atomic E-state index is 11.2. The van der Waals surface area contributed by atoms with Crippen LogP contribution >= 0.6 is 0 Å². The smallest absolute Gasteiger partial charge is 0.179 e. The van der Waals surface area contributed by atoms with Gasteiger partial charge >= 0.3 is 0 Å². The minimum Gasteiger partial charge on any atom is -0.294 e. The molecule has 1 aliphatic heterocycles. The van der Waals surface area contributed by atoms with Crippen LogP contribution in [-0.4, -0.2) is 18.0 Å². The van der Waals surface area contributed by atoms with Crippen LogP contribution in [0.15, 0.2) is 66.3 Å². The minimum atomic E-state index is -1.32. The Labute approximate surface area is 469 Å². The first-order chi connectivity index (χ1) is 42.2. The van der Waals surface area contributed by atoms with Crippen molar-refractivity contribution >= 4 is 296 Å². The highest BCUT2D eigenvalue weighted by atomic mass is 15.2. The summed E-state index contributed by atoms with van der Waals surface area (Å²) in [6.07, 6.45) is 12.4. The Kier molecular flexibility index (Phi) is 3.33. The van der Waals surface area contributed by atoms with Crippen molar-refractivity contribution in [1.82, 2.24) is 4.90 Å². The Morgan fingerprint density at radius 3 is 0.965 bits per heavy atom. The maximum Gasteiger partial charge on any atom is 0.179 e. The molecule has 0 radical (unpaired) electrons. The third kappa shape index (κ3) is 2.02. The lowest BCUT2D eigenvalue weighted by Gasteiger charge is -2.52. The lowest BCUT2D eigenvalue weighted by Crippen LogP contribution is -2.51. The second kappa shape index (κ2) is 8.26. The second-order valence-electron chi connectivity index (χ2n) is 30.1. The van der Waals surface area contributed by atoms with Crippen molar-refractivity contribution in [3.8, 4) is 12.1 Å². The van der Waals surface area contributed by atoms with Gasteiger partial charge in [-0.15, -0.1) is 0 Å². The van der Waals surface area contributed by atoms with Crippen LogP contribution in [0.5, 0.6) is 0 Å². The molecule has 0 aromatic heterocycles. The van der Waals surface area contributed by atoms with E-state index in [1.165, 1.54) is 5.56 Å². The van der Waals surface area contributed by atoms with Gasteiger partial charge in [-0.05, 0) is 342 Å². The molecule has 1 saturated heterocycles. The summed E-state index contributed by atoms with van der Waals surface area (Å²) in [5.74, 6) is -0.322. The minimum absolute atomic E-state index is 0.0124. The molecule has 1 heterocycles. The normalized spacial score (nSPS) is 24.5. The van der Waals surface area contributed by atoms with Crippen LogP contribution in [0.4, 0.5) is 0 Å². The molecule has 29 aromatic carbocycles. The third-order valence-corrected chi connectivity index (χ3v) is 29.5. The van der Waals surface area contributed by atoms with Gasteiger partial charge in [-0.2, -0.15) is 10.5 Å². The van der Waals surface area contributed by atoms with Crippen molar-refractivity contribution in [3.63, 3.8) is 0 Å². The first-order valence-corrected chi connectivity index (χ1v) is 31.4. The van der Waals surface area contributed by atoms with E-state index in [0.29, 0.717) is 0 Å². The summed E-state index contributed by atoms with van der Waals surface area (Å²) in [5, 5.41) is 110. The Balaban J connectivity index is 0.916. The van der Waals surface area contributed by atoms with E-state index in [2.05, 4.69) is 72.5 Å². The predicted octanol–water partition coefficient (Wildman–Crippen LogP) is 20.5. The van der Waals surface area contributed by atoms with E-state index in [1.54, 1.807) is 313 Å². The summed E-state index contributed by atoms with van der Waals surface area (Å²) >= 11 is 0. The molecule has 3 nitrogen and oxygen atoms in total. The molecule has 6 aliphatic carbocycles. The quantitative estimate of drug-likeness (QED) is 0.166. The SMILES string of the molecule is CCN1CC23c4c5c6c7c8c9c(c%10c%11c2c2c4c4c%12c5c5c6c6c8c8c%13c9c9c%10c%10c%11c%11c2c2c4c4c%12c%12c5c5c6c8c6c8c%13c9c9c%10c%10c%11c2c2c4c4c%12c5c6c5c8c9c%10c2c45)C73C1c1ccc(C2=CC3=CC=CC=CC3C2(C#N)C#N)cc1. The van der Waals surface area contributed by atoms with Gasteiger partial charge in [0.1, 0.15) is 0 Å². The van der Waals surface area contributed by atoms with E-state index in [9.17, 15) is 10.5 Å². The maximum atomic E-state index is 11.2. The molecule has 0 amide bonds. The van der Waals surface area contributed by atoms with Gasteiger partial charge in [-0.25, -0.2) is 0 Å². The lowest BCUT2D eigenvalue weighted by atomic mass is 9.47. The molecule has 2 spiro atoms. The van der Waals surface area contributed by atoms with Gasteiger partial charge in [0, 0.05) is 18.5 Å². The van der Waals surface area contributed by atoms with E-state index in [-0.39, 0.29) is 17.4 Å². The molecule has 2 unspecified atom stereocenters. The molecule has 0 bridgehead atoms. The van der Waals surface area contributed by atoms with Crippen molar-refractivity contribution in [1.29, 1.82) is 10.5 Å². The Bertz CT molecular complexity index is 8180. The lowest BCUT2D eigenvalue weighted by molar-refractivity contribution is 0.237. The first-order valence-electron chi connectivity index (χ1n) is 31.4. The van der Waals surface area contributed by atoms with Gasteiger partial charge in [-0.1, -0.05) is 67.6 Å². The molecular weight excluding hydrogens is 1030 g/mol. The number of likely N-dealkylation sites (N-methyl/N-ethyl adjacent to an activating group) is 1. The number of fused-ring (bicyclic) bond motifs is 1. The fourth-order valence-corrected chi connectivity index (χ4v) is 28.7. The Morgan fingerprint density at radius 2 is 0.671 bits per heavy atom. The van der Waals surface area contributed by atoms with Crippen molar-refractivity contribution in [3.05, 3.63) is 99.7 Å². The van der Waals surface area contributed by atoms with Crippen LogP contribution in [0.1, 0.15) is 46.3 Å². The molecular formula is C82H19N3. The van der Waals surface area contributed by atoms with E-state index in [0.717, 1.165) is 29.8 Å². The molecule has 36 rings (SSSR count). The van der Waals surface area contributed by atoms with E-state index in [1.807, 2.05) is 12.2 Å². The van der Waals surface area contributed by atoms with Crippen molar-refractivity contribution in [2.24, 2.45) is 11.3 Å². The Hall–Kier alpha value is -10.4. The first kappa shape index (κ1) is 34.2. The number of nitriles is 2. The van der Waals surface area contributed by atoms with E-state index in [4.69, 9.17) is 0 Å². The molecule has 7 aliphatic rings. The Morgan fingerprint density at radius 1 is 0.376 bits per heavy atom. The zero-order chi connectivity index (χ0) is 51.9. The molecule has 3 heteroatoms. The van der Waals surface area contributed by atoms with Gasteiger partial charge in [0.05, 0.1) is 23.0 Å². The van der Waals surface area contributed by atoms with E-state index >= 15 is 0 Å². The van der Waals surface area contributed by atoms with Crippen LogP contribution in [0.3, 0.4) is 0 Å². The van der Waals surface area contributed by atoms with Gasteiger partial charge in [-0.3, -0.25) is 4.90 Å². The monoisotopic (exact) mass is 1050 g/mol. The largest absolute Gasteiger partial charge is 0.294 e.